The van der Waals surface area contributed by atoms with E-state index in [2.05, 4.69) is 88.7 Å². The average Bonchev–Trinajstić information content (AvgIpc) is 3.10. The third-order valence-corrected chi connectivity index (χ3v) is 4.63. The van der Waals surface area contributed by atoms with Crippen LogP contribution in [-0.4, -0.2) is 44.1 Å². The van der Waals surface area contributed by atoms with Crippen molar-refractivity contribution >= 4 is 17.3 Å². The lowest BCUT2D eigenvalue weighted by Gasteiger charge is -2.25. The summed E-state index contributed by atoms with van der Waals surface area (Å²) in [5, 5.41) is 11.0. The van der Waals surface area contributed by atoms with E-state index in [1.807, 2.05) is 0 Å². The van der Waals surface area contributed by atoms with Gasteiger partial charge in [-0.15, -0.1) is 0 Å². The van der Waals surface area contributed by atoms with E-state index < -0.39 is 0 Å². The number of hydrogen-bond donors (Lipinski definition) is 2. The first kappa shape index (κ1) is 18.5. The number of nitrogens with zero attached hydrogens (tertiary/aromatic N) is 2. The first-order valence-electron chi connectivity index (χ1n) is 8.42. The van der Waals surface area contributed by atoms with Crippen molar-refractivity contribution in [3.05, 3.63) is 58.3 Å². The Labute approximate surface area is 149 Å². The average molecular weight is 345 g/mol. The summed E-state index contributed by atoms with van der Waals surface area (Å²) in [4.78, 5) is 6.94. The SMILES string of the molecule is CCNC(=NCc1ccsc1)NCC(Cc1ccccc1)N(C)C. The van der Waals surface area contributed by atoms with Gasteiger partial charge in [-0.3, -0.25) is 0 Å². The van der Waals surface area contributed by atoms with Crippen LogP contribution in [0.4, 0.5) is 0 Å². The molecule has 2 aromatic rings. The van der Waals surface area contributed by atoms with Gasteiger partial charge in [-0.1, -0.05) is 30.3 Å². The predicted octanol–water partition coefficient (Wildman–Crippen LogP) is 2.98. The van der Waals surface area contributed by atoms with E-state index in [0.717, 1.165) is 25.5 Å². The molecular weight excluding hydrogens is 316 g/mol. The van der Waals surface area contributed by atoms with E-state index in [0.29, 0.717) is 12.6 Å². The number of benzene rings is 1. The fourth-order valence-electron chi connectivity index (χ4n) is 2.43. The largest absolute Gasteiger partial charge is 0.357 e. The number of rotatable bonds is 8. The smallest absolute Gasteiger partial charge is 0.191 e. The van der Waals surface area contributed by atoms with Crippen LogP contribution in [0.5, 0.6) is 0 Å². The highest BCUT2D eigenvalue weighted by Gasteiger charge is 2.13. The van der Waals surface area contributed by atoms with E-state index >= 15 is 0 Å². The molecule has 0 amide bonds. The summed E-state index contributed by atoms with van der Waals surface area (Å²) in [5.74, 6) is 0.878. The molecule has 0 saturated heterocycles. The van der Waals surface area contributed by atoms with E-state index in [1.54, 1.807) is 11.3 Å². The van der Waals surface area contributed by atoms with Gasteiger partial charge in [-0.05, 0) is 55.4 Å². The van der Waals surface area contributed by atoms with E-state index in [-0.39, 0.29) is 0 Å². The van der Waals surface area contributed by atoms with Crippen LogP contribution in [0.2, 0.25) is 0 Å². The molecule has 0 saturated carbocycles. The molecule has 2 N–H and O–H groups in total. The third-order valence-electron chi connectivity index (χ3n) is 3.89. The molecule has 1 aromatic carbocycles. The maximum Gasteiger partial charge on any atom is 0.191 e. The minimum absolute atomic E-state index is 0.414. The summed E-state index contributed by atoms with van der Waals surface area (Å²) in [6, 6.07) is 13.2. The second-order valence-electron chi connectivity index (χ2n) is 6.01. The van der Waals surface area contributed by atoms with Crippen molar-refractivity contribution in [1.29, 1.82) is 0 Å². The van der Waals surface area contributed by atoms with Gasteiger partial charge in [-0.2, -0.15) is 11.3 Å². The van der Waals surface area contributed by atoms with Gasteiger partial charge < -0.3 is 15.5 Å². The zero-order valence-corrected chi connectivity index (χ0v) is 15.6. The van der Waals surface area contributed by atoms with E-state index in [1.165, 1.54) is 11.1 Å². The molecule has 130 valence electrons. The van der Waals surface area contributed by atoms with E-state index in [4.69, 9.17) is 0 Å². The topological polar surface area (TPSA) is 39.7 Å². The first-order valence-corrected chi connectivity index (χ1v) is 9.37. The Kier molecular flexibility index (Phi) is 7.79. The molecule has 24 heavy (non-hydrogen) atoms. The van der Waals surface area contributed by atoms with Gasteiger partial charge >= 0.3 is 0 Å². The van der Waals surface area contributed by atoms with Crippen molar-refractivity contribution < 1.29 is 0 Å². The third kappa shape index (κ3) is 6.34. The quantitative estimate of drug-likeness (QED) is 0.571. The Morgan fingerprint density at radius 3 is 2.54 bits per heavy atom. The second kappa shape index (κ2) is 10.1. The molecule has 1 heterocycles. The highest BCUT2D eigenvalue weighted by molar-refractivity contribution is 7.07. The molecule has 5 heteroatoms. The van der Waals surface area contributed by atoms with Crippen LogP contribution < -0.4 is 10.6 Å². The van der Waals surface area contributed by atoms with Gasteiger partial charge in [0.25, 0.3) is 0 Å². The summed E-state index contributed by atoms with van der Waals surface area (Å²) in [5.41, 5.74) is 2.61. The minimum Gasteiger partial charge on any atom is -0.357 e. The van der Waals surface area contributed by atoms with Gasteiger partial charge in [-0.25, -0.2) is 4.99 Å². The summed E-state index contributed by atoms with van der Waals surface area (Å²) >= 11 is 1.71. The van der Waals surface area contributed by atoms with Crippen molar-refractivity contribution in [2.75, 3.05) is 27.2 Å². The second-order valence-corrected chi connectivity index (χ2v) is 6.79. The molecule has 4 nitrogen and oxygen atoms in total. The van der Waals surface area contributed by atoms with Gasteiger partial charge in [0, 0.05) is 19.1 Å². The zero-order valence-electron chi connectivity index (χ0n) is 14.8. The molecule has 0 radical (unpaired) electrons. The van der Waals surface area contributed by atoms with Gasteiger partial charge in [0.1, 0.15) is 0 Å². The fourth-order valence-corrected chi connectivity index (χ4v) is 3.09. The highest BCUT2D eigenvalue weighted by atomic mass is 32.1. The Morgan fingerprint density at radius 1 is 1.12 bits per heavy atom. The lowest BCUT2D eigenvalue weighted by atomic mass is 10.1. The number of nitrogens with one attached hydrogen (secondary N) is 2. The molecule has 1 unspecified atom stereocenters. The van der Waals surface area contributed by atoms with Gasteiger partial charge in [0.2, 0.25) is 0 Å². The molecule has 0 spiro atoms. The number of likely N-dealkylation sites (N-methyl/N-ethyl adjacent to an activating group) is 1. The number of aliphatic imine (C=N–C) groups is 1. The van der Waals surface area contributed by atoms with Crippen molar-refractivity contribution in [1.82, 2.24) is 15.5 Å². The molecule has 2 rings (SSSR count). The van der Waals surface area contributed by atoms with Crippen molar-refractivity contribution in [3.8, 4) is 0 Å². The van der Waals surface area contributed by atoms with Crippen LogP contribution in [0.3, 0.4) is 0 Å². The zero-order chi connectivity index (χ0) is 17.2. The summed E-state index contributed by atoms with van der Waals surface area (Å²) in [6.07, 6.45) is 1.02. The van der Waals surface area contributed by atoms with Gasteiger partial charge in [0.15, 0.2) is 5.96 Å². The molecule has 0 aliphatic rings. The molecule has 1 aromatic heterocycles. The van der Waals surface area contributed by atoms with Gasteiger partial charge in [0.05, 0.1) is 6.54 Å². The normalized spacial score (nSPS) is 13.1. The Hall–Kier alpha value is -1.85. The summed E-state index contributed by atoms with van der Waals surface area (Å²) in [6.45, 7) is 4.53. The highest BCUT2D eigenvalue weighted by Crippen LogP contribution is 2.08. The first-order chi connectivity index (χ1) is 11.7. The Bertz CT molecular complexity index is 593. The summed E-state index contributed by atoms with van der Waals surface area (Å²) < 4.78 is 0. The van der Waals surface area contributed by atoms with Crippen molar-refractivity contribution in [2.45, 2.75) is 25.9 Å². The van der Waals surface area contributed by atoms with Crippen LogP contribution in [0.25, 0.3) is 0 Å². The molecule has 1 atom stereocenters. The molecule has 0 aliphatic carbocycles. The van der Waals surface area contributed by atoms with Crippen molar-refractivity contribution in [2.24, 2.45) is 4.99 Å². The van der Waals surface area contributed by atoms with Crippen molar-refractivity contribution in [3.63, 3.8) is 0 Å². The maximum atomic E-state index is 4.68. The molecule has 0 aliphatic heterocycles. The monoisotopic (exact) mass is 344 g/mol. The maximum absolute atomic E-state index is 4.68. The molecule has 0 fully saturated rings. The number of hydrogen-bond acceptors (Lipinski definition) is 3. The predicted molar refractivity (Wildman–Crippen MR) is 105 cm³/mol. The van der Waals surface area contributed by atoms with Crippen LogP contribution in [0, 0.1) is 0 Å². The summed E-state index contributed by atoms with van der Waals surface area (Å²) in [7, 11) is 4.26. The standard InChI is InChI=1S/C19H28N4S/c1-4-20-19(21-13-17-10-11-24-15-17)22-14-18(23(2)3)12-16-8-6-5-7-9-16/h5-11,15,18H,4,12-14H2,1-3H3,(H2,20,21,22). The van der Waals surface area contributed by atoms with Crippen LogP contribution in [0.15, 0.2) is 52.2 Å². The minimum atomic E-state index is 0.414. The van der Waals surface area contributed by atoms with Crippen LogP contribution in [-0.2, 0) is 13.0 Å². The Balaban J connectivity index is 1.93. The van der Waals surface area contributed by atoms with Crippen LogP contribution in [0.1, 0.15) is 18.1 Å². The Morgan fingerprint density at radius 2 is 1.92 bits per heavy atom. The lowest BCUT2D eigenvalue weighted by Crippen LogP contribution is -2.46. The molecular formula is C19H28N4S. The number of guanidine groups is 1. The molecule has 0 bridgehead atoms. The fraction of sp³-hybridized carbons (Fsp3) is 0.421. The lowest BCUT2D eigenvalue weighted by molar-refractivity contribution is 0.290. The number of thiophene rings is 1. The van der Waals surface area contributed by atoms with Crippen LogP contribution >= 0.6 is 11.3 Å². The van der Waals surface area contributed by atoms with E-state index in [9.17, 15) is 0 Å².